The highest BCUT2D eigenvalue weighted by atomic mass is 16.5. The van der Waals surface area contributed by atoms with Crippen LogP contribution >= 0.6 is 0 Å². The minimum Gasteiger partial charge on any atom is -0.396 e. The summed E-state index contributed by atoms with van der Waals surface area (Å²) in [6.07, 6.45) is 2.97. The van der Waals surface area contributed by atoms with Gasteiger partial charge >= 0.3 is 0 Å². The number of aliphatic hydroxyl groups is 1. The van der Waals surface area contributed by atoms with Gasteiger partial charge in [0.05, 0.1) is 6.61 Å². The summed E-state index contributed by atoms with van der Waals surface area (Å²) in [5.41, 5.74) is 1.89. The van der Waals surface area contributed by atoms with Gasteiger partial charge in [-0.3, -0.25) is 0 Å². The van der Waals surface area contributed by atoms with Crippen molar-refractivity contribution in [3.05, 3.63) is 17.5 Å². The van der Waals surface area contributed by atoms with E-state index in [0.717, 1.165) is 49.7 Å². The molecule has 5 heteroatoms. The lowest BCUT2D eigenvalue weighted by molar-refractivity contribution is 0.0622. The molecule has 0 aliphatic carbocycles. The Labute approximate surface area is 121 Å². The van der Waals surface area contributed by atoms with Crippen molar-refractivity contribution >= 4 is 5.95 Å². The van der Waals surface area contributed by atoms with Gasteiger partial charge in [-0.25, -0.2) is 9.97 Å². The molecule has 1 saturated heterocycles. The first kappa shape index (κ1) is 15.2. The Morgan fingerprint density at radius 3 is 2.65 bits per heavy atom. The Morgan fingerprint density at radius 1 is 1.35 bits per heavy atom. The molecule has 0 unspecified atom stereocenters. The quantitative estimate of drug-likeness (QED) is 0.889. The third-order valence-electron chi connectivity index (χ3n) is 4.09. The number of aromatic nitrogens is 2. The number of aliphatic hydroxyl groups excluding tert-OH is 1. The summed E-state index contributed by atoms with van der Waals surface area (Å²) < 4.78 is 5.19. The summed E-state index contributed by atoms with van der Waals surface area (Å²) in [7, 11) is 1.71. The fourth-order valence-corrected chi connectivity index (χ4v) is 2.96. The highest BCUT2D eigenvalue weighted by molar-refractivity contribution is 5.33. The van der Waals surface area contributed by atoms with Crippen LogP contribution < -0.4 is 4.90 Å². The van der Waals surface area contributed by atoms with E-state index in [2.05, 4.69) is 14.9 Å². The number of ether oxygens (including phenoxy) is 1. The van der Waals surface area contributed by atoms with Crippen molar-refractivity contribution < 1.29 is 9.84 Å². The maximum Gasteiger partial charge on any atom is 0.225 e. The first-order chi connectivity index (χ1) is 9.58. The highest BCUT2D eigenvalue weighted by Crippen LogP contribution is 2.34. The molecule has 0 bridgehead atoms. The average molecular weight is 279 g/mol. The SMILES string of the molecule is COCC[C@@]1(CO)CCCN(c2nc(C)cc(C)n2)C1. The van der Waals surface area contributed by atoms with Crippen molar-refractivity contribution in [3.63, 3.8) is 0 Å². The Morgan fingerprint density at radius 2 is 2.05 bits per heavy atom. The minimum absolute atomic E-state index is 0.0880. The van der Waals surface area contributed by atoms with E-state index in [1.54, 1.807) is 7.11 Å². The van der Waals surface area contributed by atoms with Crippen molar-refractivity contribution in [2.75, 3.05) is 38.3 Å². The molecule has 1 aromatic heterocycles. The number of nitrogens with zero attached hydrogens (tertiary/aromatic N) is 3. The summed E-state index contributed by atoms with van der Waals surface area (Å²) in [5.74, 6) is 0.789. The Kier molecular flexibility index (Phi) is 4.94. The molecule has 1 atom stereocenters. The average Bonchev–Trinajstić information content (AvgIpc) is 2.44. The second-order valence-corrected chi connectivity index (χ2v) is 5.88. The molecule has 5 nitrogen and oxygen atoms in total. The van der Waals surface area contributed by atoms with E-state index in [-0.39, 0.29) is 12.0 Å². The van der Waals surface area contributed by atoms with E-state index in [0.29, 0.717) is 6.61 Å². The van der Waals surface area contributed by atoms with Crippen molar-refractivity contribution in [1.29, 1.82) is 0 Å². The zero-order chi connectivity index (χ0) is 14.6. The molecular weight excluding hydrogens is 254 g/mol. The number of hydrogen-bond donors (Lipinski definition) is 1. The summed E-state index contributed by atoms with van der Waals surface area (Å²) >= 11 is 0. The highest BCUT2D eigenvalue weighted by Gasteiger charge is 2.35. The van der Waals surface area contributed by atoms with Gasteiger partial charge in [0.1, 0.15) is 0 Å². The predicted molar refractivity (Wildman–Crippen MR) is 79.0 cm³/mol. The molecule has 0 saturated carbocycles. The van der Waals surface area contributed by atoms with Crippen LogP contribution in [0.15, 0.2) is 6.07 Å². The fraction of sp³-hybridized carbons (Fsp3) is 0.733. The van der Waals surface area contributed by atoms with E-state index in [4.69, 9.17) is 4.74 Å². The number of piperidine rings is 1. The lowest BCUT2D eigenvalue weighted by Crippen LogP contribution is -2.46. The third-order valence-corrected chi connectivity index (χ3v) is 4.09. The van der Waals surface area contributed by atoms with E-state index in [1.165, 1.54) is 0 Å². The lowest BCUT2D eigenvalue weighted by atomic mass is 9.78. The third kappa shape index (κ3) is 3.46. The van der Waals surface area contributed by atoms with E-state index in [9.17, 15) is 5.11 Å². The Hall–Kier alpha value is -1.20. The summed E-state index contributed by atoms with van der Waals surface area (Å²) in [6.45, 7) is 6.62. The molecule has 1 aliphatic rings. The molecule has 0 aromatic carbocycles. The number of rotatable bonds is 5. The van der Waals surface area contributed by atoms with Crippen LogP contribution in [0.2, 0.25) is 0 Å². The molecule has 1 N–H and O–H groups in total. The Bertz CT molecular complexity index is 432. The van der Waals surface area contributed by atoms with E-state index in [1.807, 2.05) is 19.9 Å². The number of methoxy groups -OCH3 is 1. The van der Waals surface area contributed by atoms with Crippen molar-refractivity contribution in [2.45, 2.75) is 33.1 Å². The molecule has 1 aromatic rings. The van der Waals surface area contributed by atoms with Crippen LogP contribution in [0.5, 0.6) is 0 Å². The molecule has 112 valence electrons. The van der Waals surface area contributed by atoms with Crippen LogP contribution in [-0.4, -0.2) is 48.5 Å². The van der Waals surface area contributed by atoms with Crippen molar-refractivity contribution in [2.24, 2.45) is 5.41 Å². The molecule has 1 aliphatic heterocycles. The van der Waals surface area contributed by atoms with E-state index >= 15 is 0 Å². The van der Waals surface area contributed by atoms with Crippen LogP contribution in [0, 0.1) is 19.3 Å². The summed E-state index contributed by atoms with van der Waals surface area (Å²) in [6, 6.07) is 1.98. The van der Waals surface area contributed by atoms with Gasteiger partial charge in [-0.2, -0.15) is 0 Å². The second-order valence-electron chi connectivity index (χ2n) is 5.88. The smallest absolute Gasteiger partial charge is 0.225 e. The van der Waals surface area contributed by atoms with Crippen LogP contribution in [0.25, 0.3) is 0 Å². The molecule has 0 spiro atoms. The van der Waals surface area contributed by atoms with Gasteiger partial charge in [0.15, 0.2) is 0 Å². The van der Waals surface area contributed by atoms with Crippen LogP contribution in [0.1, 0.15) is 30.7 Å². The fourth-order valence-electron chi connectivity index (χ4n) is 2.96. The van der Waals surface area contributed by atoms with Crippen LogP contribution in [0.4, 0.5) is 5.95 Å². The maximum atomic E-state index is 9.82. The maximum absolute atomic E-state index is 9.82. The van der Waals surface area contributed by atoms with Gasteiger partial charge in [-0.1, -0.05) is 0 Å². The normalized spacial score (nSPS) is 23.1. The number of aryl methyl sites for hydroxylation is 2. The first-order valence-corrected chi connectivity index (χ1v) is 7.26. The molecule has 1 fully saturated rings. The zero-order valence-corrected chi connectivity index (χ0v) is 12.7. The second kappa shape index (κ2) is 6.50. The summed E-state index contributed by atoms with van der Waals surface area (Å²) in [4.78, 5) is 11.3. The Balaban J connectivity index is 2.16. The molecule has 0 radical (unpaired) electrons. The van der Waals surface area contributed by atoms with Gasteiger partial charge in [0, 0.05) is 43.6 Å². The lowest BCUT2D eigenvalue weighted by Gasteiger charge is -2.42. The number of anilines is 1. The molecular formula is C15H25N3O2. The molecule has 2 rings (SSSR count). The predicted octanol–water partition coefficient (Wildman–Crippen LogP) is 1.71. The van der Waals surface area contributed by atoms with Gasteiger partial charge in [0.25, 0.3) is 0 Å². The van der Waals surface area contributed by atoms with E-state index < -0.39 is 0 Å². The largest absolute Gasteiger partial charge is 0.396 e. The minimum atomic E-state index is -0.0880. The molecule has 0 amide bonds. The molecule has 20 heavy (non-hydrogen) atoms. The monoisotopic (exact) mass is 279 g/mol. The molecule has 2 heterocycles. The van der Waals surface area contributed by atoms with Crippen molar-refractivity contribution in [3.8, 4) is 0 Å². The van der Waals surface area contributed by atoms with Crippen LogP contribution in [0.3, 0.4) is 0 Å². The number of hydrogen-bond acceptors (Lipinski definition) is 5. The van der Waals surface area contributed by atoms with Gasteiger partial charge in [-0.15, -0.1) is 0 Å². The summed E-state index contributed by atoms with van der Waals surface area (Å²) in [5, 5.41) is 9.82. The zero-order valence-electron chi connectivity index (χ0n) is 12.7. The van der Waals surface area contributed by atoms with Gasteiger partial charge in [0.2, 0.25) is 5.95 Å². The van der Waals surface area contributed by atoms with Crippen molar-refractivity contribution in [1.82, 2.24) is 9.97 Å². The topological polar surface area (TPSA) is 58.5 Å². The first-order valence-electron chi connectivity index (χ1n) is 7.26. The standard InChI is InChI=1S/C15H25N3O2/c1-12-9-13(2)17-14(16-12)18-7-4-5-15(10-18,11-19)6-8-20-3/h9,19H,4-8,10-11H2,1-3H3/t15-/m0/s1. The van der Waals surface area contributed by atoms with Crippen LogP contribution in [-0.2, 0) is 4.74 Å². The van der Waals surface area contributed by atoms with Gasteiger partial charge < -0.3 is 14.7 Å². The van der Waals surface area contributed by atoms with Gasteiger partial charge in [-0.05, 0) is 39.2 Å².